The van der Waals surface area contributed by atoms with Crippen molar-refractivity contribution in [2.75, 3.05) is 5.32 Å². The van der Waals surface area contributed by atoms with Crippen LogP contribution in [0.4, 0.5) is 5.69 Å². The van der Waals surface area contributed by atoms with E-state index in [1.807, 2.05) is 23.0 Å². The third-order valence-electron chi connectivity index (χ3n) is 4.39. The normalized spacial score (nSPS) is 12.9. The number of fused-ring (bicyclic) bond motifs is 4. The van der Waals surface area contributed by atoms with Gasteiger partial charge in [-0.15, -0.1) is 14.1 Å². The number of hydrogen-bond acceptors (Lipinski definition) is 2. The second-order valence-electron chi connectivity index (χ2n) is 7.80. The van der Waals surface area contributed by atoms with E-state index >= 15 is 0 Å². The summed E-state index contributed by atoms with van der Waals surface area (Å²) in [6.45, 7) is 10.6. The van der Waals surface area contributed by atoms with Crippen LogP contribution < -0.4 is 5.32 Å². The summed E-state index contributed by atoms with van der Waals surface area (Å²) in [6.07, 6.45) is 0. The van der Waals surface area contributed by atoms with Crippen LogP contribution in [0, 0.1) is 0 Å². The fraction of sp³-hybridized carbons (Fsp3) is 0.368. The Balaban J connectivity index is 1.91. The van der Waals surface area contributed by atoms with Crippen LogP contribution in [-0.2, 0) is 5.41 Å². The second-order valence-corrected chi connectivity index (χ2v) is 7.80. The Bertz CT molecular complexity index is 968. The number of nitrogens with zero attached hydrogens (tertiary/aromatic N) is 3. The molecule has 4 aromatic rings. The predicted octanol–water partition coefficient (Wildman–Crippen LogP) is 4.24. The highest BCUT2D eigenvalue weighted by molar-refractivity contribution is 5.80. The van der Waals surface area contributed by atoms with Crippen molar-refractivity contribution in [2.24, 2.45) is 0 Å². The summed E-state index contributed by atoms with van der Waals surface area (Å²) in [4.78, 5) is 2.01. The molecule has 0 bridgehead atoms. The van der Waals surface area contributed by atoms with E-state index in [1.54, 1.807) is 0 Å². The summed E-state index contributed by atoms with van der Waals surface area (Å²) < 4.78 is 4.13. The van der Waals surface area contributed by atoms with E-state index in [2.05, 4.69) is 67.4 Å². The number of nitrogens with one attached hydrogen (secondary N) is 1. The molecule has 24 heavy (non-hydrogen) atoms. The van der Waals surface area contributed by atoms with Crippen LogP contribution >= 0.6 is 0 Å². The van der Waals surface area contributed by atoms with Gasteiger partial charge in [-0.05, 0) is 43.5 Å². The Hall–Kier alpha value is -2.56. The van der Waals surface area contributed by atoms with Gasteiger partial charge in [0.2, 0.25) is 0 Å². The molecule has 0 unspecified atom stereocenters. The van der Waals surface area contributed by atoms with E-state index < -0.39 is 0 Å². The fourth-order valence-electron chi connectivity index (χ4n) is 3.26. The van der Waals surface area contributed by atoms with Gasteiger partial charge in [0, 0.05) is 17.3 Å². The van der Waals surface area contributed by atoms with Crippen LogP contribution in [0.2, 0.25) is 0 Å². The predicted molar refractivity (Wildman–Crippen MR) is 98.0 cm³/mol. The summed E-state index contributed by atoms with van der Waals surface area (Å²) >= 11 is 0. The number of phenols is 1. The van der Waals surface area contributed by atoms with Gasteiger partial charge in [-0.25, -0.2) is 0 Å². The number of rotatable bonds is 3. The molecule has 2 aromatic heterocycles. The second kappa shape index (κ2) is 4.72. The van der Waals surface area contributed by atoms with E-state index in [0.29, 0.717) is 11.8 Å². The molecule has 0 fully saturated rings. The average molecular weight is 324 g/mol. The third kappa shape index (κ3) is 2.08. The summed E-state index contributed by atoms with van der Waals surface area (Å²) in [6, 6.07) is 12.6. The molecule has 5 heteroatoms. The Kier molecular flexibility index (Phi) is 2.95. The minimum atomic E-state index is -0.139. The maximum Gasteiger partial charge on any atom is 0.146 e. The molecule has 0 radical (unpaired) electrons. The summed E-state index contributed by atoms with van der Waals surface area (Å²) in [7, 11) is 0. The average Bonchev–Trinajstić information content (AvgIpc) is 3.13. The summed E-state index contributed by atoms with van der Waals surface area (Å²) in [5.41, 5.74) is 4.97. The minimum Gasteiger partial charge on any atom is -0.505 e. The molecule has 0 spiro atoms. The van der Waals surface area contributed by atoms with Crippen molar-refractivity contribution < 1.29 is 5.11 Å². The molecular weight excluding hydrogens is 300 g/mol. The first-order chi connectivity index (χ1) is 11.3. The SMILES string of the molecule is CC(C)Nc1cc(-n2n3c4ccccc4n23)c(O)c(C(C)(C)C)c1. The topological polar surface area (TPSA) is 46.0 Å². The van der Waals surface area contributed by atoms with E-state index in [0.717, 1.165) is 28.0 Å². The van der Waals surface area contributed by atoms with Crippen LogP contribution in [0.25, 0.3) is 16.7 Å². The molecule has 0 saturated carbocycles. The maximum atomic E-state index is 10.9. The third-order valence-corrected chi connectivity index (χ3v) is 4.39. The molecule has 2 N–H and O–H groups in total. The smallest absolute Gasteiger partial charge is 0.146 e. The van der Waals surface area contributed by atoms with Gasteiger partial charge in [-0.2, -0.15) is 0 Å². The lowest BCUT2D eigenvalue weighted by molar-refractivity contribution is 0.444. The zero-order valence-corrected chi connectivity index (χ0v) is 14.8. The Labute approximate surface area is 141 Å². The largest absolute Gasteiger partial charge is 0.505 e. The van der Waals surface area contributed by atoms with Gasteiger partial charge in [0.05, 0.1) is 0 Å². The molecule has 0 aliphatic carbocycles. The minimum absolute atomic E-state index is 0.139. The molecule has 0 aliphatic rings. The number of aromatic nitrogens is 3. The number of benzene rings is 2. The van der Waals surface area contributed by atoms with Gasteiger partial charge in [0.25, 0.3) is 0 Å². The Morgan fingerprint density at radius 2 is 1.58 bits per heavy atom. The zero-order chi connectivity index (χ0) is 17.2. The van der Waals surface area contributed by atoms with E-state index in [1.165, 1.54) is 0 Å². The van der Waals surface area contributed by atoms with Crippen LogP contribution in [0.5, 0.6) is 5.75 Å². The quantitative estimate of drug-likeness (QED) is 0.554. The molecule has 4 rings (SSSR count). The number of aromatic hydroxyl groups is 1. The molecule has 0 amide bonds. The van der Waals surface area contributed by atoms with Gasteiger partial charge in [0.15, 0.2) is 0 Å². The number of hydrogen-bond donors (Lipinski definition) is 2. The van der Waals surface area contributed by atoms with Crippen molar-refractivity contribution in [1.82, 2.24) is 14.1 Å². The zero-order valence-electron chi connectivity index (χ0n) is 14.8. The molecule has 126 valence electrons. The molecule has 0 saturated heterocycles. The number of anilines is 1. The monoisotopic (exact) mass is 324 g/mol. The first kappa shape index (κ1) is 15.0. The molecule has 2 heterocycles. The lowest BCUT2D eigenvalue weighted by atomic mass is 9.85. The van der Waals surface area contributed by atoms with Crippen LogP contribution in [-0.4, -0.2) is 25.2 Å². The maximum absolute atomic E-state index is 10.9. The van der Waals surface area contributed by atoms with Crippen molar-refractivity contribution in [1.29, 1.82) is 0 Å². The molecule has 0 atom stereocenters. The highest BCUT2D eigenvalue weighted by atomic mass is 16.3. The number of para-hydroxylation sites is 2. The Morgan fingerprint density at radius 3 is 2.08 bits per heavy atom. The lowest BCUT2D eigenvalue weighted by Gasteiger charge is -2.23. The standard InChI is InChI=1S/C19H24N4O/c1-12(2)20-13-10-14(19(3,4)5)18(24)17(11-13)23-21-15-8-6-7-9-16(15)22(21)23/h6-12,20,24H,1-5H3. The van der Waals surface area contributed by atoms with Crippen molar-refractivity contribution in [3.05, 3.63) is 42.0 Å². The van der Waals surface area contributed by atoms with Gasteiger partial charge < -0.3 is 10.4 Å². The molecule has 0 aliphatic heterocycles. The van der Waals surface area contributed by atoms with Crippen LogP contribution in [0.15, 0.2) is 36.4 Å². The van der Waals surface area contributed by atoms with Crippen molar-refractivity contribution in [3.63, 3.8) is 0 Å². The fourth-order valence-corrected chi connectivity index (χ4v) is 3.26. The van der Waals surface area contributed by atoms with Crippen LogP contribution in [0.3, 0.4) is 0 Å². The molecule has 2 aromatic carbocycles. The van der Waals surface area contributed by atoms with Gasteiger partial charge >= 0.3 is 0 Å². The number of phenolic OH excluding ortho intramolecular Hbond substituents is 1. The highest BCUT2D eigenvalue weighted by Crippen LogP contribution is 2.40. The van der Waals surface area contributed by atoms with Crippen molar-refractivity contribution in [3.8, 4) is 11.4 Å². The summed E-state index contributed by atoms with van der Waals surface area (Å²) in [5, 5.41) is 14.4. The van der Waals surface area contributed by atoms with E-state index in [9.17, 15) is 5.11 Å². The first-order valence-corrected chi connectivity index (χ1v) is 8.42. The highest BCUT2D eigenvalue weighted by Gasteiger charge is 2.29. The van der Waals surface area contributed by atoms with E-state index in [4.69, 9.17) is 0 Å². The van der Waals surface area contributed by atoms with Crippen molar-refractivity contribution >= 4 is 16.7 Å². The Morgan fingerprint density at radius 1 is 1.00 bits per heavy atom. The van der Waals surface area contributed by atoms with Gasteiger partial charge in [0.1, 0.15) is 22.5 Å². The van der Waals surface area contributed by atoms with Gasteiger partial charge in [-0.3, -0.25) is 0 Å². The summed E-state index contributed by atoms with van der Waals surface area (Å²) in [5.74, 6) is 0.345. The van der Waals surface area contributed by atoms with Crippen molar-refractivity contribution in [2.45, 2.75) is 46.1 Å². The lowest BCUT2D eigenvalue weighted by Crippen LogP contribution is -2.15. The molecular formula is C19H24N4O. The van der Waals surface area contributed by atoms with Crippen LogP contribution in [0.1, 0.15) is 40.2 Å². The first-order valence-electron chi connectivity index (χ1n) is 8.42. The van der Waals surface area contributed by atoms with Gasteiger partial charge in [-0.1, -0.05) is 32.9 Å². The van der Waals surface area contributed by atoms with E-state index in [-0.39, 0.29) is 5.41 Å². The molecule has 5 nitrogen and oxygen atoms in total.